The molecule has 0 unspecified atom stereocenters. The van der Waals surface area contributed by atoms with Crippen molar-refractivity contribution in [2.45, 2.75) is 0 Å². The van der Waals surface area contributed by atoms with Gasteiger partial charge in [-0.2, -0.15) is 0 Å². The molecule has 30 heavy (non-hydrogen) atoms. The van der Waals surface area contributed by atoms with Gasteiger partial charge in [-0.25, -0.2) is 4.98 Å². The Morgan fingerprint density at radius 3 is 2.77 bits per heavy atom. The van der Waals surface area contributed by atoms with Crippen LogP contribution in [-0.2, 0) is 4.74 Å². The average Bonchev–Trinajstić information content (AvgIpc) is 3.28. The van der Waals surface area contributed by atoms with Crippen LogP contribution in [0.4, 0.5) is 11.5 Å². The molecule has 1 saturated heterocycles. The minimum atomic E-state index is -0.183. The first-order valence-corrected chi connectivity index (χ1v) is 9.78. The lowest BCUT2D eigenvalue weighted by Crippen LogP contribution is -2.36. The fourth-order valence-corrected chi connectivity index (χ4v) is 3.48. The SMILES string of the molecule is O=C(Nc1cccc(-c2ccc(N3CCOCC3)nn2)c1)c1ccc2nc[nH]c2c1. The molecule has 0 spiro atoms. The Morgan fingerprint density at radius 1 is 1.03 bits per heavy atom. The Kier molecular flexibility index (Phi) is 4.82. The molecule has 1 amide bonds. The minimum absolute atomic E-state index is 0.183. The first-order valence-electron chi connectivity index (χ1n) is 9.78. The number of hydrogen-bond donors (Lipinski definition) is 2. The molecule has 2 aromatic heterocycles. The van der Waals surface area contributed by atoms with Gasteiger partial charge in [0.15, 0.2) is 5.82 Å². The summed E-state index contributed by atoms with van der Waals surface area (Å²) in [6, 6.07) is 16.9. The second-order valence-electron chi connectivity index (χ2n) is 7.05. The van der Waals surface area contributed by atoms with Crippen LogP contribution in [0, 0.1) is 0 Å². The number of H-pyrrole nitrogens is 1. The standard InChI is InChI=1S/C22H20N6O2/c29-22(16-4-5-19-20(13-16)24-14-23-19)25-17-3-1-2-15(12-17)18-6-7-21(27-26-18)28-8-10-30-11-9-28/h1-7,12-14H,8-11H2,(H,23,24)(H,25,29). The molecule has 1 fully saturated rings. The van der Waals surface area contributed by atoms with E-state index in [1.807, 2.05) is 42.5 Å². The third-order valence-corrected chi connectivity index (χ3v) is 5.08. The second-order valence-corrected chi connectivity index (χ2v) is 7.05. The summed E-state index contributed by atoms with van der Waals surface area (Å²) in [5.41, 5.74) is 4.55. The van der Waals surface area contributed by atoms with E-state index in [1.54, 1.807) is 18.5 Å². The predicted octanol–water partition coefficient (Wildman–Crippen LogP) is 3.11. The molecular formula is C22H20N6O2. The van der Waals surface area contributed by atoms with Crippen LogP contribution in [0.5, 0.6) is 0 Å². The van der Waals surface area contributed by atoms with E-state index >= 15 is 0 Å². The van der Waals surface area contributed by atoms with E-state index in [1.165, 1.54) is 0 Å². The van der Waals surface area contributed by atoms with Gasteiger partial charge in [0.25, 0.3) is 5.91 Å². The van der Waals surface area contributed by atoms with Gasteiger partial charge in [0.2, 0.25) is 0 Å². The molecule has 2 N–H and O–H groups in total. The smallest absolute Gasteiger partial charge is 0.255 e. The fourth-order valence-electron chi connectivity index (χ4n) is 3.48. The Labute approximate surface area is 172 Å². The van der Waals surface area contributed by atoms with Crippen molar-refractivity contribution in [2.75, 3.05) is 36.5 Å². The summed E-state index contributed by atoms with van der Waals surface area (Å²) in [4.78, 5) is 22.0. The van der Waals surface area contributed by atoms with Gasteiger partial charge in [-0.1, -0.05) is 12.1 Å². The van der Waals surface area contributed by atoms with E-state index in [0.29, 0.717) is 24.5 Å². The number of aromatic nitrogens is 4. The number of imidazole rings is 1. The number of carbonyl (C=O) groups is 1. The highest BCUT2D eigenvalue weighted by Gasteiger charge is 2.13. The van der Waals surface area contributed by atoms with Gasteiger partial charge in [0.1, 0.15) is 0 Å². The van der Waals surface area contributed by atoms with Gasteiger partial charge in [-0.05, 0) is 42.5 Å². The average molecular weight is 400 g/mol. The third-order valence-electron chi connectivity index (χ3n) is 5.08. The van der Waals surface area contributed by atoms with Crippen LogP contribution >= 0.6 is 0 Å². The van der Waals surface area contributed by atoms with Crippen molar-refractivity contribution >= 4 is 28.4 Å². The van der Waals surface area contributed by atoms with Gasteiger partial charge in [0, 0.05) is 29.9 Å². The summed E-state index contributed by atoms with van der Waals surface area (Å²) >= 11 is 0. The summed E-state index contributed by atoms with van der Waals surface area (Å²) in [7, 11) is 0. The number of amides is 1. The lowest BCUT2D eigenvalue weighted by Gasteiger charge is -2.27. The van der Waals surface area contributed by atoms with Crippen LogP contribution in [0.1, 0.15) is 10.4 Å². The number of ether oxygens (including phenoxy) is 1. The monoisotopic (exact) mass is 400 g/mol. The number of carbonyl (C=O) groups excluding carboxylic acids is 1. The fraction of sp³-hybridized carbons (Fsp3) is 0.182. The van der Waals surface area contributed by atoms with Gasteiger partial charge in [-0.15, -0.1) is 10.2 Å². The molecular weight excluding hydrogens is 380 g/mol. The maximum atomic E-state index is 12.7. The van der Waals surface area contributed by atoms with Crippen molar-refractivity contribution in [2.24, 2.45) is 0 Å². The van der Waals surface area contributed by atoms with Crippen LogP contribution in [0.25, 0.3) is 22.3 Å². The quantitative estimate of drug-likeness (QED) is 0.546. The van der Waals surface area contributed by atoms with Crippen molar-refractivity contribution in [3.8, 4) is 11.3 Å². The number of anilines is 2. The van der Waals surface area contributed by atoms with Crippen LogP contribution in [-0.4, -0.2) is 52.4 Å². The molecule has 8 heteroatoms. The van der Waals surface area contributed by atoms with Crippen molar-refractivity contribution < 1.29 is 9.53 Å². The van der Waals surface area contributed by atoms with Gasteiger partial charge < -0.3 is 19.9 Å². The summed E-state index contributed by atoms with van der Waals surface area (Å²) in [5, 5.41) is 11.7. The van der Waals surface area contributed by atoms with Crippen LogP contribution < -0.4 is 10.2 Å². The molecule has 3 heterocycles. The molecule has 0 bridgehead atoms. The maximum absolute atomic E-state index is 12.7. The molecule has 5 rings (SSSR count). The maximum Gasteiger partial charge on any atom is 0.255 e. The Bertz CT molecular complexity index is 1180. The first kappa shape index (κ1) is 18.3. The van der Waals surface area contributed by atoms with E-state index in [9.17, 15) is 4.79 Å². The Morgan fingerprint density at radius 2 is 1.93 bits per heavy atom. The molecule has 1 aliphatic rings. The van der Waals surface area contributed by atoms with Crippen LogP contribution in [0.15, 0.2) is 60.9 Å². The van der Waals surface area contributed by atoms with Crippen LogP contribution in [0.2, 0.25) is 0 Å². The van der Waals surface area contributed by atoms with Crippen molar-refractivity contribution in [3.63, 3.8) is 0 Å². The summed E-state index contributed by atoms with van der Waals surface area (Å²) in [6.07, 6.45) is 1.61. The number of morpholine rings is 1. The second kappa shape index (κ2) is 7.92. The largest absolute Gasteiger partial charge is 0.378 e. The number of nitrogens with one attached hydrogen (secondary N) is 2. The van der Waals surface area contributed by atoms with E-state index in [-0.39, 0.29) is 5.91 Å². The van der Waals surface area contributed by atoms with Crippen LogP contribution in [0.3, 0.4) is 0 Å². The topological polar surface area (TPSA) is 96.0 Å². The number of rotatable bonds is 4. The van der Waals surface area contributed by atoms with Crippen molar-refractivity contribution in [3.05, 3.63) is 66.5 Å². The zero-order chi connectivity index (χ0) is 20.3. The highest BCUT2D eigenvalue weighted by molar-refractivity contribution is 6.06. The molecule has 0 radical (unpaired) electrons. The summed E-state index contributed by atoms with van der Waals surface area (Å²) in [5.74, 6) is 0.665. The molecule has 0 atom stereocenters. The van der Waals surface area contributed by atoms with Crippen molar-refractivity contribution in [1.82, 2.24) is 20.2 Å². The lowest BCUT2D eigenvalue weighted by molar-refractivity contribution is 0.102. The van der Waals surface area contributed by atoms with E-state index in [4.69, 9.17) is 4.74 Å². The number of nitrogens with zero attached hydrogens (tertiary/aromatic N) is 4. The molecule has 150 valence electrons. The molecule has 0 saturated carbocycles. The Balaban J connectivity index is 1.32. The number of fused-ring (bicyclic) bond motifs is 1. The highest BCUT2D eigenvalue weighted by atomic mass is 16.5. The molecule has 0 aliphatic carbocycles. The zero-order valence-electron chi connectivity index (χ0n) is 16.2. The number of aromatic amines is 1. The highest BCUT2D eigenvalue weighted by Crippen LogP contribution is 2.23. The molecule has 2 aromatic carbocycles. The lowest BCUT2D eigenvalue weighted by atomic mass is 10.1. The van der Waals surface area contributed by atoms with Gasteiger partial charge in [0.05, 0.1) is 36.3 Å². The van der Waals surface area contributed by atoms with Gasteiger partial charge in [-0.3, -0.25) is 4.79 Å². The van der Waals surface area contributed by atoms with Gasteiger partial charge >= 0.3 is 0 Å². The molecule has 4 aromatic rings. The normalized spacial score (nSPS) is 14.1. The number of hydrogen-bond acceptors (Lipinski definition) is 6. The van der Waals surface area contributed by atoms with E-state index in [2.05, 4.69) is 30.4 Å². The third kappa shape index (κ3) is 3.72. The molecule has 1 aliphatic heterocycles. The predicted molar refractivity (Wildman–Crippen MR) is 115 cm³/mol. The van der Waals surface area contributed by atoms with Crippen molar-refractivity contribution in [1.29, 1.82) is 0 Å². The molecule has 8 nitrogen and oxygen atoms in total. The Hall–Kier alpha value is -3.78. The number of benzene rings is 2. The first-order chi connectivity index (χ1) is 14.8. The minimum Gasteiger partial charge on any atom is -0.378 e. The zero-order valence-corrected chi connectivity index (χ0v) is 16.2. The van der Waals surface area contributed by atoms with E-state index in [0.717, 1.165) is 41.2 Å². The summed E-state index contributed by atoms with van der Waals surface area (Å²) < 4.78 is 5.38. The summed E-state index contributed by atoms with van der Waals surface area (Å²) in [6.45, 7) is 3.05. The van der Waals surface area contributed by atoms with E-state index < -0.39 is 0 Å².